The first kappa shape index (κ1) is 16.5. The number of aromatic nitrogens is 2. The van der Waals surface area contributed by atoms with E-state index < -0.39 is 10.0 Å². The van der Waals surface area contributed by atoms with Crippen LogP contribution in [0.4, 0.5) is 0 Å². The Morgan fingerprint density at radius 2 is 2.14 bits per heavy atom. The summed E-state index contributed by atoms with van der Waals surface area (Å²) in [4.78, 5) is 4.08. The van der Waals surface area contributed by atoms with Crippen molar-refractivity contribution in [2.45, 2.75) is 51.7 Å². The first-order valence-corrected chi connectivity index (χ1v) is 8.84. The van der Waals surface area contributed by atoms with Crippen molar-refractivity contribution >= 4 is 10.0 Å². The van der Waals surface area contributed by atoms with Gasteiger partial charge in [0.25, 0.3) is 10.0 Å². The average Bonchev–Trinajstić information content (AvgIpc) is 2.80. The molecule has 2 rings (SSSR count). The Hall–Kier alpha value is -0.920. The second-order valence-electron chi connectivity index (χ2n) is 7.02. The average molecular weight is 314 g/mol. The predicted octanol–water partition coefficient (Wildman–Crippen LogP) is 1.29. The summed E-state index contributed by atoms with van der Waals surface area (Å²) in [5.74, 6) is 0.446. The smallest absolute Gasteiger partial charge is 0.262 e. The molecular weight excluding hydrogens is 288 g/mol. The fourth-order valence-corrected chi connectivity index (χ4v) is 4.22. The lowest BCUT2D eigenvalue weighted by atomic mass is 9.81. The third-order valence-electron chi connectivity index (χ3n) is 4.07. The Morgan fingerprint density at radius 3 is 2.71 bits per heavy atom. The van der Waals surface area contributed by atoms with Crippen LogP contribution in [0.15, 0.2) is 17.6 Å². The molecule has 6 nitrogen and oxygen atoms in total. The molecule has 1 unspecified atom stereocenters. The lowest BCUT2D eigenvalue weighted by molar-refractivity contribution is 0.155. The van der Waals surface area contributed by atoms with Gasteiger partial charge in [-0.1, -0.05) is 27.7 Å². The van der Waals surface area contributed by atoms with E-state index in [1.54, 1.807) is 12.5 Å². The topological polar surface area (TPSA) is 81.2 Å². The van der Waals surface area contributed by atoms with Crippen LogP contribution in [-0.4, -0.2) is 41.4 Å². The van der Waals surface area contributed by atoms with Crippen molar-refractivity contribution < 1.29 is 8.42 Å². The predicted molar refractivity (Wildman–Crippen MR) is 82.2 cm³/mol. The maximum atomic E-state index is 12.7. The largest absolute Gasteiger partial charge is 0.336 e. The Balaban J connectivity index is 2.20. The quantitative estimate of drug-likeness (QED) is 0.908. The summed E-state index contributed by atoms with van der Waals surface area (Å²) in [7, 11) is -3.53. The summed E-state index contributed by atoms with van der Waals surface area (Å²) < 4.78 is 28.7. The molecule has 7 heteroatoms. The van der Waals surface area contributed by atoms with E-state index in [1.165, 1.54) is 4.31 Å². The van der Waals surface area contributed by atoms with Crippen LogP contribution in [0.2, 0.25) is 0 Å². The summed E-state index contributed by atoms with van der Waals surface area (Å²) in [5, 5.41) is 0.134. The lowest BCUT2D eigenvalue weighted by Gasteiger charge is -2.41. The minimum Gasteiger partial charge on any atom is -0.336 e. The van der Waals surface area contributed by atoms with E-state index in [1.807, 2.05) is 18.4 Å². The first-order chi connectivity index (χ1) is 9.63. The van der Waals surface area contributed by atoms with E-state index in [-0.39, 0.29) is 16.5 Å². The number of rotatable bonds is 4. The summed E-state index contributed by atoms with van der Waals surface area (Å²) >= 11 is 0. The number of hydrogen-bond acceptors (Lipinski definition) is 4. The molecule has 1 aliphatic rings. The zero-order valence-electron chi connectivity index (χ0n) is 13.3. The van der Waals surface area contributed by atoms with Gasteiger partial charge >= 0.3 is 0 Å². The van der Waals surface area contributed by atoms with Gasteiger partial charge in [0, 0.05) is 31.9 Å². The Bertz CT molecular complexity index is 592. The highest BCUT2D eigenvalue weighted by molar-refractivity contribution is 7.89. The molecule has 0 bridgehead atoms. The molecule has 120 valence electrons. The monoisotopic (exact) mass is 314 g/mol. The van der Waals surface area contributed by atoms with Crippen molar-refractivity contribution in [3.8, 4) is 0 Å². The number of nitrogens with two attached hydrogens (primary N) is 1. The maximum absolute atomic E-state index is 12.7. The molecule has 0 saturated carbocycles. The molecule has 0 aromatic carbocycles. The standard InChI is InChI=1S/C14H26N4O2S/c1-11(2)7-17-8-13(16-10-17)21(19,20)18-6-5-12(15)14(3,4)9-18/h8,10-12H,5-7,9,15H2,1-4H3. The van der Waals surface area contributed by atoms with Gasteiger partial charge in [-0.2, -0.15) is 4.31 Å². The molecule has 1 fully saturated rings. The second-order valence-corrected chi connectivity index (χ2v) is 8.91. The molecule has 2 N–H and O–H groups in total. The fourth-order valence-electron chi connectivity index (χ4n) is 2.66. The summed E-state index contributed by atoms with van der Waals surface area (Å²) in [6.07, 6.45) is 3.89. The van der Waals surface area contributed by atoms with Crippen molar-refractivity contribution in [1.29, 1.82) is 0 Å². The number of hydrogen-bond donors (Lipinski definition) is 1. The zero-order chi connectivity index (χ0) is 15.8. The van der Waals surface area contributed by atoms with E-state index in [0.717, 1.165) is 6.54 Å². The first-order valence-electron chi connectivity index (χ1n) is 7.40. The third-order valence-corrected chi connectivity index (χ3v) is 5.80. The van der Waals surface area contributed by atoms with Gasteiger partial charge in [0.2, 0.25) is 0 Å². The van der Waals surface area contributed by atoms with Crippen molar-refractivity contribution in [1.82, 2.24) is 13.9 Å². The van der Waals surface area contributed by atoms with Gasteiger partial charge in [0.1, 0.15) is 0 Å². The van der Waals surface area contributed by atoms with Gasteiger partial charge in [-0.3, -0.25) is 0 Å². The molecule has 0 radical (unpaired) electrons. The highest BCUT2D eigenvalue weighted by atomic mass is 32.2. The number of sulfonamides is 1. The summed E-state index contributed by atoms with van der Waals surface area (Å²) in [5.41, 5.74) is 5.86. The van der Waals surface area contributed by atoms with Crippen LogP contribution in [0, 0.1) is 11.3 Å². The molecule has 0 amide bonds. The molecule has 21 heavy (non-hydrogen) atoms. The van der Waals surface area contributed by atoms with Crippen LogP contribution in [0.5, 0.6) is 0 Å². The van der Waals surface area contributed by atoms with E-state index >= 15 is 0 Å². The van der Waals surface area contributed by atoms with E-state index in [2.05, 4.69) is 18.8 Å². The van der Waals surface area contributed by atoms with Crippen LogP contribution in [0.1, 0.15) is 34.1 Å². The van der Waals surface area contributed by atoms with Gasteiger partial charge in [0.15, 0.2) is 5.03 Å². The Kier molecular flexibility index (Phi) is 4.46. The normalized spacial score (nSPS) is 23.6. The molecule has 1 aliphatic heterocycles. The van der Waals surface area contributed by atoms with Crippen LogP contribution >= 0.6 is 0 Å². The Morgan fingerprint density at radius 1 is 1.48 bits per heavy atom. The zero-order valence-corrected chi connectivity index (χ0v) is 14.1. The molecule has 1 aromatic rings. The lowest BCUT2D eigenvalue weighted by Crippen LogP contribution is -2.53. The molecule has 0 spiro atoms. The van der Waals surface area contributed by atoms with Gasteiger partial charge in [-0.25, -0.2) is 13.4 Å². The van der Waals surface area contributed by atoms with Crippen molar-refractivity contribution in [3.63, 3.8) is 0 Å². The molecular formula is C14H26N4O2S. The van der Waals surface area contributed by atoms with Crippen LogP contribution in [0.3, 0.4) is 0 Å². The van der Waals surface area contributed by atoms with Gasteiger partial charge in [-0.05, 0) is 17.8 Å². The van der Waals surface area contributed by atoms with Crippen LogP contribution in [0.25, 0.3) is 0 Å². The summed E-state index contributed by atoms with van der Waals surface area (Å²) in [6.45, 7) is 9.86. The Labute approximate surface area is 127 Å². The number of imidazole rings is 1. The minimum absolute atomic E-state index is 0.0300. The molecule has 1 saturated heterocycles. The molecule has 1 atom stereocenters. The van der Waals surface area contributed by atoms with Gasteiger partial charge < -0.3 is 10.3 Å². The molecule has 0 aliphatic carbocycles. The van der Waals surface area contributed by atoms with Gasteiger partial charge in [-0.15, -0.1) is 0 Å². The maximum Gasteiger partial charge on any atom is 0.262 e. The third kappa shape index (κ3) is 3.46. The van der Waals surface area contributed by atoms with E-state index in [9.17, 15) is 8.42 Å². The summed E-state index contributed by atoms with van der Waals surface area (Å²) in [6, 6.07) is 0.0300. The SMILES string of the molecule is CC(C)Cn1cnc(S(=O)(=O)N2CCC(N)C(C)(C)C2)c1. The van der Waals surface area contributed by atoms with Crippen LogP contribution < -0.4 is 5.73 Å². The van der Waals surface area contributed by atoms with E-state index in [0.29, 0.717) is 25.4 Å². The van der Waals surface area contributed by atoms with Crippen LogP contribution in [-0.2, 0) is 16.6 Å². The highest BCUT2D eigenvalue weighted by Gasteiger charge is 2.39. The number of nitrogens with zero attached hydrogens (tertiary/aromatic N) is 3. The second kappa shape index (κ2) is 5.70. The molecule has 2 heterocycles. The molecule has 1 aromatic heterocycles. The fraction of sp³-hybridized carbons (Fsp3) is 0.786. The van der Waals surface area contributed by atoms with Crippen molar-refractivity contribution in [2.24, 2.45) is 17.1 Å². The number of piperidine rings is 1. The van der Waals surface area contributed by atoms with E-state index in [4.69, 9.17) is 5.73 Å². The van der Waals surface area contributed by atoms with Crippen molar-refractivity contribution in [3.05, 3.63) is 12.5 Å². The minimum atomic E-state index is -3.53. The van der Waals surface area contributed by atoms with Gasteiger partial charge in [0.05, 0.1) is 6.33 Å². The highest BCUT2D eigenvalue weighted by Crippen LogP contribution is 2.30. The van der Waals surface area contributed by atoms with Crippen molar-refractivity contribution in [2.75, 3.05) is 13.1 Å².